The van der Waals surface area contributed by atoms with Gasteiger partial charge in [0.05, 0.1) is 22.7 Å². The summed E-state index contributed by atoms with van der Waals surface area (Å²) in [7, 11) is 0. The molecule has 0 radical (unpaired) electrons. The minimum atomic E-state index is -0.321. The van der Waals surface area contributed by atoms with Gasteiger partial charge in [-0.15, -0.1) is 0 Å². The number of carbonyl (C=O) groups excluding carboxylic acids is 1. The van der Waals surface area contributed by atoms with E-state index in [2.05, 4.69) is 5.32 Å². The molecule has 0 heterocycles. The van der Waals surface area contributed by atoms with Gasteiger partial charge in [-0.3, -0.25) is 4.79 Å². The zero-order valence-corrected chi connectivity index (χ0v) is 10.1. The number of carbonyl (C=O) groups is 1. The molecule has 16 heavy (non-hydrogen) atoms. The molecule has 1 rings (SSSR count). The molecule has 0 fully saturated rings. The summed E-state index contributed by atoms with van der Waals surface area (Å²) in [5.74, 6) is -0.573. The van der Waals surface area contributed by atoms with Crippen molar-refractivity contribution in [3.05, 3.63) is 28.2 Å². The van der Waals surface area contributed by atoms with Crippen LogP contribution in [0.4, 0.5) is 5.69 Å². The number of benzene rings is 1. The third-order valence-corrected chi connectivity index (χ3v) is 2.48. The molecule has 0 saturated carbocycles. The van der Waals surface area contributed by atoms with Gasteiger partial charge in [-0.05, 0) is 25.1 Å². The van der Waals surface area contributed by atoms with Gasteiger partial charge in [0.25, 0.3) is 0 Å². The summed E-state index contributed by atoms with van der Waals surface area (Å²) in [5.41, 5.74) is 0.462. The normalized spacial score (nSPS) is 11.6. The highest BCUT2D eigenvalue weighted by molar-refractivity contribution is 6.35. The summed E-state index contributed by atoms with van der Waals surface area (Å²) >= 11 is 11.6. The van der Waals surface area contributed by atoms with Crippen LogP contribution in [-0.4, -0.2) is 5.91 Å². The Balaban J connectivity index is 2.70. The fourth-order valence-electron chi connectivity index (χ4n) is 1.12. The van der Waals surface area contributed by atoms with E-state index >= 15 is 0 Å². The van der Waals surface area contributed by atoms with Crippen molar-refractivity contribution in [2.45, 2.75) is 13.3 Å². The molecule has 1 atom stereocenters. The number of anilines is 1. The maximum atomic E-state index is 11.5. The van der Waals surface area contributed by atoms with Crippen molar-refractivity contribution in [2.24, 2.45) is 5.92 Å². The number of halogens is 2. The number of nitrogens with one attached hydrogen (secondary N) is 1. The molecule has 3 nitrogen and oxygen atoms in total. The Labute approximate surface area is 104 Å². The molecule has 0 spiro atoms. The van der Waals surface area contributed by atoms with Gasteiger partial charge < -0.3 is 5.32 Å². The Morgan fingerprint density at radius 3 is 2.88 bits per heavy atom. The van der Waals surface area contributed by atoms with Crippen molar-refractivity contribution in [2.75, 3.05) is 5.32 Å². The van der Waals surface area contributed by atoms with Crippen LogP contribution in [0.1, 0.15) is 13.3 Å². The van der Waals surface area contributed by atoms with E-state index in [0.717, 1.165) is 0 Å². The third kappa shape index (κ3) is 3.73. The Kier molecular flexibility index (Phi) is 4.60. The summed E-state index contributed by atoms with van der Waals surface area (Å²) in [4.78, 5) is 11.5. The maximum Gasteiger partial charge on any atom is 0.225 e. The lowest BCUT2D eigenvalue weighted by Crippen LogP contribution is -2.14. The minimum absolute atomic E-state index is 0.138. The molecule has 1 amide bonds. The predicted octanol–water partition coefficient (Wildman–Crippen LogP) is 3.48. The van der Waals surface area contributed by atoms with E-state index in [1.807, 2.05) is 6.07 Å². The van der Waals surface area contributed by atoms with Gasteiger partial charge in [0.15, 0.2) is 0 Å². The van der Waals surface area contributed by atoms with Crippen LogP contribution < -0.4 is 5.32 Å². The standard InChI is InChI=1S/C11H10Cl2N2O/c1-7(6-14)4-11(16)15-10-5-8(12)2-3-9(10)13/h2-3,5,7H,4H2,1H3,(H,15,16). The van der Waals surface area contributed by atoms with Gasteiger partial charge in [-0.1, -0.05) is 23.2 Å². The van der Waals surface area contributed by atoms with Gasteiger partial charge in [0, 0.05) is 11.4 Å². The van der Waals surface area contributed by atoms with Crippen LogP contribution >= 0.6 is 23.2 Å². The maximum absolute atomic E-state index is 11.5. The van der Waals surface area contributed by atoms with Crippen LogP contribution in [0.3, 0.4) is 0 Å². The van der Waals surface area contributed by atoms with Crippen molar-refractivity contribution in [3.63, 3.8) is 0 Å². The third-order valence-electron chi connectivity index (χ3n) is 1.91. The van der Waals surface area contributed by atoms with Gasteiger partial charge in [-0.25, -0.2) is 0 Å². The number of nitriles is 1. The summed E-state index contributed by atoms with van der Waals surface area (Å²) in [6.07, 6.45) is 0.138. The first-order valence-corrected chi connectivity index (χ1v) is 5.43. The molecule has 0 aliphatic rings. The fourth-order valence-corrected chi connectivity index (χ4v) is 1.46. The molecule has 1 aromatic carbocycles. The topological polar surface area (TPSA) is 52.9 Å². The van der Waals surface area contributed by atoms with Gasteiger partial charge in [0.2, 0.25) is 5.91 Å². The largest absolute Gasteiger partial charge is 0.325 e. The van der Waals surface area contributed by atoms with Crippen molar-refractivity contribution < 1.29 is 4.79 Å². The van der Waals surface area contributed by atoms with E-state index in [-0.39, 0.29) is 18.2 Å². The molecule has 0 aliphatic carbocycles. The lowest BCUT2D eigenvalue weighted by molar-refractivity contribution is -0.116. The zero-order valence-electron chi connectivity index (χ0n) is 8.63. The molecule has 5 heteroatoms. The Morgan fingerprint density at radius 1 is 1.56 bits per heavy atom. The molecule has 84 valence electrons. The molecule has 0 aliphatic heterocycles. The summed E-state index contributed by atoms with van der Waals surface area (Å²) < 4.78 is 0. The highest BCUT2D eigenvalue weighted by Crippen LogP contribution is 2.25. The molecule has 1 aromatic rings. The fraction of sp³-hybridized carbons (Fsp3) is 0.273. The van der Waals surface area contributed by atoms with E-state index in [9.17, 15) is 4.79 Å². The lowest BCUT2D eigenvalue weighted by atomic mass is 10.1. The first-order chi connectivity index (χ1) is 7.52. The molecular formula is C11H10Cl2N2O. The van der Waals surface area contributed by atoms with Crippen LogP contribution in [0.25, 0.3) is 0 Å². The SMILES string of the molecule is CC(C#N)CC(=O)Nc1cc(Cl)ccc1Cl. The van der Waals surface area contributed by atoms with E-state index in [0.29, 0.717) is 15.7 Å². The summed E-state index contributed by atoms with van der Waals surface area (Å²) in [6, 6.07) is 6.80. The number of rotatable bonds is 3. The van der Waals surface area contributed by atoms with Crippen LogP contribution in [0.2, 0.25) is 10.0 Å². The molecule has 1 N–H and O–H groups in total. The van der Waals surface area contributed by atoms with Gasteiger partial charge in [-0.2, -0.15) is 5.26 Å². The minimum Gasteiger partial charge on any atom is -0.325 e. The van der Waals surface area contributed by atoms with Gasteiger partial charge >= 0.3 is 0 Å². The predicted molar refractivity (Wildman–Crippen MR) is 64.5 cm³/mol. The first kappa shape index (κ1) is 12.8. The highest BCUT2D eigenvalue weighted by Gasteiger charge is 2.10. The Hall–Kier alpha value is -1.24. The van der Waals surface area contributed by atoms with Gasteiger partial charge in [0.1, 0.15) is 0 Å². The Morgan fingerprint density at radius 2 is 2.25 bits per heavy atom. The second kappa shape index (κ2) is 5.74. The Bertz CT molecular complexity index is 440. The quantitative estimate of drug-likeness (QED) is 0.901. The van der Waals surface area contributed by atoms with Crippen LogP contribution in [0, 0.1) is 17.2 Å². The molecule has 0 bridgehead atoms. The number of amides is 1. The number of hydrogen-bond acceptors (Lipinski definition) is 2. The highest BCUT2D eigenvalue weighted by atomic mass is 35.5. The van der Waals surface area contributed by atoms with E-state index in [1.54, 1.807) is 25.1 Å². The second-order valence-corrected chi connectivity index (χ2v) is 4.25. The average molecular weight is 257 g/mol. The van der Waals surface area contributed by atoms with Crippen LogP contribution in [0.15, 0.2) is 18.2 Å². The van der Waals surface area contributed by atoms with Crippen molar-refractivity contribution in [1.82, 2.24) is 0 Å². The van der Waals surface area contributed by atoms with Crippen molar-refractivity contribution >= 4 is 34.8 Å². The van der Waals surface area contributed by atoms with Crippen molar-refractivity contribution in [1.29, 1.82) is 5.26 Å². The smallest absolute Gasteiger partial charge is 0.225 e. The average Bonchev–Trinajstić information content (AvgIpc) is 2.23. The lowest BCUT2D eigenvalue weighted by Gasteiger charge is -2.08. The van der Waals surface area contributed by atoms with Crippen molar-refractivity contribution in [3.8, 4) is 6.07 Å². The monoisotopic (exact) mass is 256 g/mol. The number of nitrogens with zero attached hydrogens (tertiary/aromatic N) is 1. The molecular weight excluding hydrogens is 247 g/mol. The first-order valence-electron chi connectivity index (χ1n) is 4.67. The second-order valence-electron chi connectivity index (χ2n) is 3.41. The van der Waals surface area contributed by atoms with Crippen LogP contribution in [-0.2, 0) is 4.79 Å². The zero-order chi connectivity index (χ0) is 12.1. The molecule has 0 saturated heterocycles. The van der Waals surface area contributed by atoms with E-state index in [1.165, 1.54) is 0 Å². The molecule has 1 unspecified atom stereocenters. The number of hydrogen-bond donors (Lipinski definition) is 1. The summed E-state index contributed by atoms with van der Waals surface area (Å²) in [6.45, 7) is 1.68. The van der Waals surface area contributed by atoms with Crippen LogP contribution in [0.5, 0.6) is 0 Å². The summed E-state index contributed by atoms with van der Waals surface area (Å²) in [5, 5.41) is 12.1. The van der Waals surface area contributed by atoms with E-state index in [4.69, 9.17) is 28.5 Å². The van der Waals surface area contributed by atoms with E-state index < -0.39 is 0 Å². The molecule has 0 aromatic heterocycles.